The van der Waals surface area contributed by atoms with Gasteiger partial charge in [0.15, 0.2) is 5.11 Å². The number of anilines is 1. The van der Waals surface area contributed by atoms with Crippen molar-refractivity contribution in [1.29, 1.82) is 0 Å². The van der Waals surface area contributed by atoms with Crippen molar-refractivity contribution in [2.24, 2.45) is 0 Å². The van der Waals surface area contributed by atoms with E-state index in [2.05, 4.69) is 10.6 Å². The van der Waals surface area contributed by atoms with Gasteiger partial charge in [-0.1, -0.05) is 29.3 Å². The van der Waals surface area contributed by atoms with Crippen molar-refractivity contribution in [2.75, 3.05) is 12.4 Å². The van der Waals surface area contributed by atoms with Gasteiger partial charge in [0.25, 0.3) is 5.69 Å². The zero-order valence-corrected chi connectivity index (χ0v) is 16.2. The molecule has 0 radical (unpaired) electrons. The fourth-order valence-corrected chi connectivity index (χ4v) is 2.69. The molecular formula is C17H13Cl2N3O4S. The minimum atomic E-state index is -0.543. The summed E-state index contributed by atoms with van der Waals surface area (Å²) in [5, 5.41) is 16.9. The van der Waals surface area contributed by atoms with Crippen LogP contribution in [0.4, 0.5) is 11.4 Å². The van der Waals surface area contributed by atoms with E-state index in [9.17, 15) is 14.9 Å². The second kappa shape index (κ2) is 9.31. The molecule has 0 aliphatic carbocycles. The summed E-state index contributed by atoms with van der Waals surface area (Å²) in [7, 11) is 1.37. The summed E-state index contributed by atoms with van der Waals surface area (Å²) in [6, 6.07) is 8.85. The quantitative estimate of drug-likeness (QED) is 0.318. The Bertz CT molecular complexity index is 934. The number of nitrogens with one attached hydrogen (secondary N) is 2. The van der Waals surface area contributed by atoms with Gasteiger partial charge in [-0.15, -0.1) is 0 Å². The number of halogens is 2. The Morgan fingerprint density at radius 2 is 2.00 bits per heavy atom. The number of carbonyl (C=O) groups is 1. The molecule has 2 N–H and O–H groups in total. The summed E-state index contributed by atoms with van der Waals surface area (Å²) in [6.07, 6.45) is 2.78. The number of carbonyl (C=O) groups excluding carboxylic acids is 1. The number of nitro groups is 1. The Balaban J connectivity index is 2.01. The molecule has 2 rings (SSSR count). The summed E-state index contributed by atoms with van der Waals surface area (Å²) in [5.74, 6) is -0.274. The molecule has 0 aliphatic heterocycles. The van der Waals surface area contributed by atoms with Crippen molar-refractivity contribution >= 4 is 63.9 Å². The van der Waals surface area contributed by atoms with Crippen LogP contribution in [0.2, 0.25) is 10.0 Å². The van der Waals surface area contributed by atoms with E-state index >= 15 is 0 Å². The Kier molecular flexibility index (Phi) is 7.12. The number of non-ortho nitro benzene ring substituents is 1. The topological polar surface area (TPSA) is 93.5 Å². The van der Waals surface area contributed by atoms with Crippen molar-refractivity contribution in [2.45, 2.75) is 0 Å². The van der Waals surface area contributed by atoms with Crippen LogP contribution in [0.1, 0.15) is 5.56 Å². The number of methoxy groups -OCH3 is 1. The molecule has 0 atom stereocenters. The van der Waals surface area contributed by atoms with Crippen LogP contribution in [-0.4, -0.2) is 23.1 Å². The third-order valence-corrected chi connectivity index (χ3v) is 4.02. The van der Waals surface area contributed by atoms with Gasteiger partial charge in [0.1, 0.15) is 5.75 Å². The lowest BCUT2D eigenvalue weighted by Crippen LogP contribution is -2.32. The molecule has 0 heterocycles. The molecule has 0 unspecified atom stereocenters. The number of nitrogens with zero attached hydrogens (tertiary/aromatic N) is 1. The van der Waals surface area contributed by atoms with Crippen molar-refractivity contribution in [3.8, 4) is 5.75 Å². The third-order valence-electron chi connectivity index (χ3n) is 3.26. The lowest BCUT2D eigenvalue weighted by atomic mass is 10.2. The van der Waals surface area contributed by atoms with E-state index in [0.717, 1.165) is 0 Å². The maximum absolute atomic E-state index is 12.0. The number of thiocarbonyl (C=S) groups is 1. The maximum Gasteiger partial charge on any atom is 0.273 e. The summed E-state index contributed by atoms with van der Waals surface area (Å²) in [6.45, 7) is 0. The van der Waals surface area contributed by atoms with E-state index < -0.39 is 10.8 Å². The molecule has 27 heavy (non-hydrogen) atoms. The predicted octanol–water partition coefficient (Wildman–Crippen LogP) is 4.44. The van der Waals surface area contributed by atoms with Crippen LogP contribution >= 0.6 is 35.4 Å². The number of amides is 1. The van der Waals surface area contributed by atoms with Gasteiger partial charge in [0, 0.05) is 22.2 Å². The average Bonchev–Trinajstić information content (AvgIpc) is 2.61. The Hall–Kier alpha value is -2.68. The van der Waals surface area contributed by atoms with Crippen molar-refractivity contribution in [1.82, 2.24) is 5.32 Å². The second-order valence-corrected chi connectivity index (χ2v) is 6.34. The molecule has 0 aromatic heterocycles. The molecule has 0 saturated carbocycles. The highest BCUT2D eigenvalue weighted by atomic mass is 35.5. The lowest BCUT2D eigenvalue weighted by molar-refractivity contribution is -0.384. The minimum Gasteiger partial charge on any atom is -0.494 e. The highest BCUT2D eigenvalue weighted by molar-refractivity contribution is 7.80. The van der Waals surface area contributed by atoms with Gasteiger partial charge >= 0.3 is 0 Å². The molecule has 2 aromatic rings. The van der Waals surface area contributed by atoms with E-state index in [1.165, 1.54) is 37.5 Å². The van der Waals surface area contributed by atoms with E-state index in [-0.39, 0.29) is 16.5 Å². The number of hydrogen-bond donors (Lipinski definition) is 2. The molecule has 0 bridgehead atoms. The third kappa shape index (κ3) is 5.92. The van der Waals surface area contributed by atoms with Gasteiger partial charge in [0.05, 0.1) is 23.8 Å². The van der Waals surface area contributed by atoms with Crippen LogP contribution in [0, 0.1) is 10.1 Å². The minimum absolute atomic E-state index is 0.000920. The van der Waals surface area contributed by atoms with Crippen LogP contribution < -0.4 is 15.4 Å². The summed E-state index contributed by atoms with van der Waals surface area (Å²) >= 11 is 16.9. The largest absolute Gasteiger partial charge is 0.494 e. The Labute approximate surface area is 170 Å². The van der Waals surface area contributed by atoms with E-state index in [1.54, 1.807) is 18.2 Å². The highest BCUT2D eigenvalue weighted by Gasteiger charge is 2.12. The summed E-state index contributed by atoms with van der Waals surface area (Å²) in [4.78, 5) is 22.2. The normalized spacial score (nSPS) is 10.5. The van der Waals surface area contributed by atoms with E-state index in [4.69, 9.17) is 40.2 Å². The monoisotopic (exact) mass is 425 g/mol. The first-order chi connectivity index (χ1) is 12.8. The number of nitro benzene ring substituents is 1. The first-order valence-electron chi connectivity index (χ1n) is 7.37. The molecule has 0 spiro atoms. The number of hydrogen-bond acceptors (Lipinski definition) is 5. The molecular weight excluding hydrogens is 413 g/mol. The van der Waals surface area contributed by atoms with Gasteiger partial charge < -0.3 is 10.1 Å². The SMILES string of the molecule is COc1cc([N+](=O)[O-])ccc1NC(=S)NC(=O)/C=C/c1ccc(Cl)cc1Cl. The standard InChI is InChI=1S/C17H13Cl2N3O4S/c1-26-15-9-12(22(24)25)5-6-14(15)20-17(27)21-16(23)7-3-10-2-4-11(18)8-13(10)19/h2-9H,1H3,(H2,20,21,23,27)/b7-3+. The van der Waals surface area contributed by atoms with Gasteiger partial charge in [-0.05, 0) is 42.1 Å². The molecule has 140 valence electrons. The van der Waals surface area contributed by atoms with Crippen LogP contribution in [0.3, 0.4) is 0 Å². The molecule has 1 amide bonds. The Morgan fingerprint density at radius 1 is 1.26 bits per heavy atom. The fraction of sp³-hybridized carbons (Fsp3) is 0.0588. The lowest BCUT2D eigenvalue weighted by Gasteiger charge is -2.11. The molecule has 0 fully saturated rings. The van der Waals surface area contributed by atoms with Gasteiger partial charge in [-0.2, -0.15) is 0 Å². The zero-order valence-electron chi connectivity index (χ0n) is 13.9. The van der Waals surface area contributed by atoms with Crippen molar-refractivity contribution in [3.63, 3.8) is 0 Å². The van der Waals surface area contributed by atoms with Gasteiger partial charge in [-0.3, -0.25) is 20.2 Å². The smallest absolute Gasteiger partial charge is 0.273 e. The molecule has 2 aromatic carbocycles. The van der Waals surface area contributed by atoms with E-state index in [1.807, 2.05) is 0 Å². The summed E-state index contributed by atoms with van der Waals surface area (Å²) < 4.78 is 5.09. The first-order valence-corrected chi connectivity index (χ1v) is 8.54. The molecule has 7 nitrogen and oxygen atoms in total. The second-order valence-electron chi connectivity index (χ2n) is 5.08. The molecule has 10 heteroatoms. The average molecular weight is 426 g/mol. The first kappa shape index (κ1) is 20.6. The Morgan fingerprint density at radius 3 is 2.63 bits per heavy atom. The van der Waals surface area contributed by atoms with E-state index in [0.29, 0.717) is 21.3 Å². The van der Waals surface area contributed by atoms with Crippen LogP contribution in [0.5, 0.6) is 5.75 Å². The van der Waals surface area contributed by atoms with Crippen LogP contribution in [0.15, 0.2) is 42.5 Å². The molecule has 0 aliphatic rings. The fourth-order valence-electron chi connectivity index (χ4n) is 2.01. The van der Waals surface area contributed by atoms with Crippen LogP contribution in [-0.2, 0) is 4.79 Å². The van der Waals surface area contributed by atoms with Crippen LogP contribution in [0.25, 0.3) is 6.08 Å². The number of rotatable bonds is 5. The number of benzene rings is 2. The van der Waals surface area contributed by atoms with Gasteiger partial charge in [0.2, 0.25) is 5.91 Å². The number of ether oxygens (including phenoxy) is 1. The van der Waals surface area contributed by atoms with Gasteiger partial charge in [-0.25, -0.2) is 0 Å². The molecule has 0 saturated heterocycles. The zero-order chi connectivity index (χ0) is 20.0. The predicted molar refractivity (Wildman–Crippen MR) is 110 cm³/mol. The van der Waals surface area contributed by atoms with Crippen molar-refractivity contribution in [3.05, 3.63) is 68.2 Å². The highest BCUT2D eigenvalue weighted by Crippen LogP contribution is 2.28. The summed E-state index contributed by atoms with van der Waals surface area (Å²) in [5.41, 5.74) is 0.861. The van der Waals surface area contributed by atoms with Crippen molar-refractivity contribution < 1.29 is 14.5 Å². The maximum atomic E-state index is 12.0.